The number of nitrogens with one attached hydrogen (secondary N) is 1. The first-order chi connectivity index (χ1) is 15.8. The van der Waals surface area contributed by atoms with Crippen molar-refractivity contribution < 1.29 is 14.0 Å². The van der Waals surface area contributed by atoms with Gasteiger partial charge in [0.1, 0.15) is 19.5 Å². The summed E-state index contributed by atoms with van der Waals surface area (Å²) < 4.78 is 16.6. The molecule has 0 bridgehead atoms. The van der Waals surface area contributed by atoms with Crippen molar-refractivity contribution in [2.75, 3.05) is 53.0 Å². The van der Waals surface area contributed by atoms with E-state index in [1.54, 1.807) is 6.26 Å². The Morgan fingerprint density at radius 2 is 1.82 bits per heavy atom. The smallest absolute Gasteiger partial charge is 0.193 e. The zero-order valence-electron chi connectivity index (χ0n) is 19.3. The van der Waals surface area contributed by atoms with E-state index in [-0.39, 0.29) is 29.4 Å². The summed E-state index contributed by atoms with van der Waals surface area (Å²) in [5.41, 5.74) is 2.45. The molecule has 2 aliphatic heterocycles. The first-order valence-electron chi connectivity index (χ1n) is 11.7. The Bertz CT molecular complexity index is 922. The van der Waals surface area contributed by atoms with E-state index in [1.165, 1.54) is 31.2 Å². The van der Waals surface area contributed by atoms with Crippen LogP contribution in [0, 0.1) is 0 Å². The molecule has 3 heterocycles. The van der Waals surface area contributed by atoms with Gasteiger partial charge in [0.15, 0.2) is 17.5 Å². The summed E-state index contributed by atoms with van der Waals surface area (Å²) in [4.78, 5) is 9.39. The Kier molecular flexibility index (Phi) is 8.00. The lowest BCUT2D eigenvalue weighted by Gasteiger charge is -2.38. The number of halogens is 1. The molecular weight excluding hydrogens is 533 g/mol. The van der Waals surface area contributed by atoms with Gasteiger partial charge in [-0.3, -0.25) is 9.89 Å². The highest BCUT2D eigenvalue weighted by Crippen LogP contribution is 2.43. The Labute approximate surface area is 212 Å². The second-order valence-electron chi connectivity index (χ2n) is 9.00. The summed E-state index contributed by atoms with van der Waals surface area (Å²) in [6.07, 6.45) is 6.52. The summed E-state index contributed by atoms with van der Waals surface area (Å²) in [5, 5.41) is 7.75. The highest BCUT2D eigenvalue weighted by molar-refractivity contribution is 14.0. The number of aromatic nitrogens is 1. The van der Waals surface area contributed by atoms with Crippen molar-refractivity contribution in [3.05, 3.63) is 41.8 Å². The number of aliphatic imine (C=N–C) groups is 1. The van der Waals surface area contributed by atoms with E-state index in [1.807, 2.05) is 13.1 Å². The highest BCUT2D eigenvalue weighted by Gasteiger charge is 2.37. The number of guanidine groups is 1. The predicted octanol–water partition coefficient (Wildman–Crippen LogP) is 3.27. The maximum absolute atomic E-state index is 5.87. The number of hydrogen-bond acceptors (Lipinski definition) is 6. The molecule has 0 atom stereocenters. The molecule has 1 saturated carbocycles. The molecule has 2 aromatic rings. The molecule has 9 heteroatoms. The molecule has 8 nitrogen and oxygen atoms in total. The molecule has 0 amide bonds. The van der Waals surface area contributed by atoms with Crippen LogP contribution in [0.5, 0.6) is 11.5 Å². The number of nitrogens with zero attached hydrogens (tertiary/aromatic N) is 4. The van der Waals surface area contributed by atoms with Crippen LogP contribution in [0.4, 0.5) is 0 Å². The van der Waals surface area contributed by atoms with Crippen LogP contribution < -0.4 is 14.8 Å². The van der Waals surface area contributed by atoms with Gasteiger partial charge >= 0.3 is 0 Å². The van der Waals surface area contributed by atoms with E-state index in [0.717, 1.165) is 62.4 Å². The highest BCUT2D eigenvalue weighted by atomic mass is 127. The van der Waals surface area contributed by atoms with E-state index in [0.29, 0.717) is 13.2 Å². The molecule has 1 aromatic heterocycles. The fourth-order valence-corrected chi connectivity index (χ4v) is 5.24. The summed E-state index contributed by atoms with van der Waals surface area (Å²) in [6, 6.07) is 8.44. The zero-order chi connectivity index (χ0) is 21.8. The van der Waals surface area contributed by atoms with Crippen LogP contribution in [-0.4, -0.2) is 73.9 Å². The maximum atomic E-state index is 5.87. The number of hydrogen-bond donors (Lipinski definition) is 1. The molecule has 33 heavy (non-hydrogen) atoms. The monoisotopic (exact) mass is 567 g/mol. The van der Waals surface area contributed by atoms with Crippen LogP contribution in [-0.2, 0) is 12.0 Å². The Balaban J connectivity index is 0.00000259. The zero-order valence-corrected chi connectivity index (χ0v) is 21.6. The Morgan fingerprint density at radius 1 is 1.06 bits per heavy atom. The standard InChI is InChI=1S/C24H33N5O3.HI/c1-25-23(29-11-9-28(10-12-29)17-20-6-13-32-27-20)26-18-24(7-2-3-8-24)19-4-5-21-22(16-19)31-15-14-30-21;/h4-6,13,16H,2-3,7-12,14-15,17-18H2,1H3,(H,25,26);1H. The van der Waals surface area contributed by atoms with Gasteiger partial charge < -0.3 is 24.2 Å². The molecule has 180 valence electrons. The molecule has 0 radical (unpaired) electrons. The fraction of sp³-hybridized carbons (Fsp3) is 0.583. The number of piperazine rings is 1. The second kappa shape index (κ2) is 10.9. The van der Waals surface area contributed by atoms with Gasteiger partial charge in [-0.1, -0.05) is 24.1 Å². The average Bonchev–Trinajstić information content (AvgIpc) is 3.53. The molecule has 0 spiro atoms. The molecule has 1 aliphatic carbocycles. The number of benzene rings is 1. The molecule has 5 rings (SSSR count). The van der Waals surface area contributed by atoms with E-state index >= 15 is 0 Å². The van der Waals surface area contributed by atoms with Gasteiger partial charge in [0.25, 0.3) is 0 Å². The first-order valence-corrected chi connectivity index (χ1v) is 11.7. The average molecular weight is 567 g/mol. The van der Waals surface area contributed by atoms with E-state index in [9.17, 15) is 0 Å². The van der Waals surface area contributed by atoms with Gasteiger partial charge in [-0.05, 0) is 30.5 Å². The summed E-state index contributed by atoms with van der Waals surface area (Å²) >= 11 is 0. The minimum Gasteiger partial charge on any atom is -0.486 e. The second-order valence-corrected chi connectivity index (χ2v) is 9.00. The van der Waals surface area contributed by atoms with Crippen LogP contribution in [0.2, 0.25) is 0 Å². The van der Waals surface area contributed by atoms with Crippen molar-refractivity contribution in [3.63, 3.8) is 0 Å². The molecule has 2 fully saturated rings. The Morgan fingerprint density at radius 3 is 2.52 bits per heavy atom. The van der Waals surface area contributed by atoms with Gasteiger partial charge in [0.05, 0.1) is 5.69 Å². The Hall–Kier alpha value is -2.01. The maximum Gasteiger partial charge on any atom is 0.193 e. The minimum absolute atomic E-state index is 0. The molecule has 1 N–H and O–H groups in total. The van der Waals surface area contributed by atoms with Crippen LogP contribution in [0.1, 0.15) is 36.9 Å². The topological polar surface area (TPSA) is 75.4 Å². The molecule has 1 aromatic carbocycles. The number of fused-ring (bicyclic) bond motifs is 1. The van der Waals surface area contributed by atoms with Crippen LogP contribution in [0.15, 0.2) is 40.0 Å². The van der Waals surface area contributed by atoms with Gasteiger partial charge in [-0.15, -0.1) is 24.0 Å². The third-order valence-electron chi connectivity index (χ3n) is 7.06. The largest absolute Gasteiger partial charge is 0.486 e. The van der Waals surface area contributed by atoms with E-state index < -0.39 is 0 Å². The van der Waals surface area contributed by atoms with Crippen molar-refractivity contribution >= 4 is 29.9 Å². The van der Waals surface area contributed by atoms with Gasteiger partial charge in [0, 0.05) is 57.8 Å². The molecule has 0 unspecified atom stereocenters. The fourth-order valence-electron chi connectivity index (χ4n) is 5.24. The van der Waals surface area contributed by atoms with Crippen LogP contribution in [0.3, 0.4) is 0 Å². The number of rotatable bonds is 5. The lowest BCUT2D eigenvalue weighted by Crippen LogP contribution is -2.53. The van der Waals surface area contributed by atoms with Crippen molar-refractivity contribution in [1.82, 2.24) is 20.3 Å². The lowest BCUT2D eigenvalue weighted by atomic mass is 9.78. The van der Waals surface area contributed by atoms with Gasteiger partial charge in [-0.2, -0.15) is 0 Å². The summed E-state index contributed by atoms with van der Waals surface area (Å²) in [6.45, 7) is 6.85. The summed E-state index contributed by atoms with van der Waals surface area (Å²) in [7, 11) is 1.88. The number of ether oxygens (including phenoxy) is 2. The first kappa shape index (κ1) is 24.1. The predicted molar refractivity (Wildman–Crippen MR) is 138 cm³/mol. The molecule has 3 aliphatic rings. The quantitative estimate of drug-likeness (QED) is 0.338. The normalized spacial score (nSPS) is 20.4. The SMILES string of the molecule is CN=C(NCC1(c2ccc3c(c2)OCCO3)CCCC1)N1CCN(Cc2ccon2)CC1.I. The van der Waals surface area contributed by atoms with E-state index in [4.69, 9.17) is 14.0 Å². The van der Waals surface area contributed by atoms with Crippen molar-refractivity contribution in [3.8, 4) is 11.5 Å². The molecule has 1 saturated heterocycles. The third-order valence-corrected chi connectivity index (χ3v) is 7.06. The van der Waals surface area contributed by atoms with Gasteiger partial charge in [-0.25, -0.2) is 0 Å². The summed E-state index contributed by atoms with van der Waals surface area (Å²) in [5.74, 6) is 2.74. The van der Waals surface area contributed by atoms with Crippen molar-refractivity contribution in [2.45, 2.75) is 37.6 Å². The van der Waals surface area contributed by atoms with Crippen LogP contribution in [0.25, 0.3) is 0 Å². The van der Waals surface area contributed by atoms with Crippen molar-refractivity contribution in [2.24, 2.45) is 4.99 Å². The third kappa shape index (κ3) is 5.40. The van der Waals surface area contributed by atoms with E-state index in [2.05, 4.69) is 43.5 Å². The van der Waals surface area contributed by atoms with Gasteiger partial charge in [0.2, 0.25) is 0 Å². The lowest BCUT2D eigenvalue weighted by molar-refractivity contribution is 0.168. The van der Waals surface area contributed by atoms with Crippen LogP contribution >= 0.6 is 24.0 Å². The minimum atomic E-state index is 0. The molecular formula is C24H34IN5O3. The van der Waals surface area contributed by atoms with Crippen molar-refractivity contribution in [1.29, 1.82) is 0 Å².